The molecular formula is C20H26N6O6S. The summed E-state index contributed by atoms with van der Waals surface area (Å²) < 4.78 is 1.52. The lowest BCUT2D eigenvalue weighted by molar-refractivity contribution is -0.163. The number of hydrazine groups is 1. The van der Waals surface area contributed by atoms with E-state index >= 15 is 0 Å². The van der Waals surface area contributed by atoms with Crippen molar-refractivity contribution in [1.29, 1.82) is 0 Å². The summed E-state index contributed by atoms with van der Waals surface area (Å²) in [6.45, 7) is 3.85. The fourth-order valence-corrected chi connectivity index (χ4v) is 6.18. The van der Waals surface area contributed by atoms with Crippen molar-refractivity contribution >= 4 is 35.5 Å². The largest absolute Gasteiger partial charge is 0.477 e. The van der Waals surface area contributed by atoms with Crippen molar-refractivity contribution in [1.82, 2.24) is 30.6 Å². The number of aryl methyl sites for hydroxylation is 1. The summed E-state index contributed by atoms with van der Waals surface area (Å²) >= 11 is 1.35. The lowest BCUT2D eigenvalue weighted by Gasteiger charge is -2.46. The Labute approximate surface area is 193 Å². The van der Waals surface area contributed by atoms with Crippen molar-refractivity contribution in [2.75, 3.05) is 6.54 Å². The van der Waals surface area contributed by atoms with Crippen LogP contribution in [-0.4, -0.2) is 78.3 Å². The molecule has 5 N–H and O–H groups in total. The average molecular weight is 479 g/mol. The number of hydrogen-bond acceptors (Lipinski definition) is 8. The topological polar surface area (TPSA) is 166 Å². The molecule has 3 aliphatic rings. The molecule has 4 rings (SSSR count). The Hall–Kier alpha value is -2.90. The van der Waals surface area contributed by atoms with Crippen LogP contribution in [0.15, 0.2) is 23.1 Å². The number of aliphatic hydroxyl groups is 1. The monoisotopic (exact) mass is 478 g/mol. The molecule has 3 aliphatic heterocycles. The van der Waals surface area contributed by atoms with E-state index in [1.165, 1.54) is 40.7 Å². The number of aromatic nitrogens is 2. The van der Waals surface area contributed by atoms with Crippen LogP contribution in [0.4, 0.5) is 0 Å². The lowest BCUT2D eigenvalue weighted by atomic mass is 9.79. The highest BCUT2D eigenvalue weighted by Crippen LogP contribution is 2.51. The number of carbonyl (C=O) groups is 4. The molecule has 2 fully saturated rings. The maximum absolute atomic E-state index is 12.5. The van der Waals surface area contributed by atoms with Gasteiger partial charge in [-0.15, -0.1) is 11.8 Å². The van der Waals surface area contributed by atoms with Crippen molar-refractivity contribution in [3.8, 4) is 0 Å². The van der Waals surface area contributed by atoms with Gasteiger partial charge < -0.3 is 25.0 Å². The van der Waals surface area contributed by atoms with E-state index in [0.29, 0.717) is 23.6 Å². The van der Waals surface area contributed by atoms with E-state index in [4.69, 9.17) is 0 Å². The van der Waals surface area contributed by atoms with Gasteiger partial charge in [0.1, 0.15) is 11.4 Å². The smallest absolute Gasteiger partial charge is 0.353 e. The van der Waals surface area contributed by atoms with Gasteiger partial charge in [-0.2, -0.15) is 0 Å². The van der Waals surface area contributed by atoms with E-state index < -0.39 is 35.8 Å². The van der Waals surface area contributed by atoms with Crippen LogP contribution in [0.3, 0.4) is 0 Å². The van der Waals surface area contributed by atoms with Crippen LogP contribution in [0.25, 0.3) is 0 Å². The predicted octanol–water partition coefficient (Wildman–Crippen LogP) is -1.20. The van der Waals surface area contributed by atoms with Gasteiger partial charge in [0.05, 0.1) is 36.6 Å². The zero-order chi connectivity index (χ0) is 24.0. The van der Waals surface area contributed by atoms with Gasteiger partial charge in [-0.3, -0.25) is 25.2 Å². The maximum Gasteiger partial charge on any atom is 0.353 e. The molecule has 0 aliphatic carbocycles. The number of carboxylic acid groups (broad SMARTS) is 1. The van der Waals surface area contributed by atoms with Gasteiger partial charge in [0, 0.05) is 29.7 Å². The van der Waals surface area contributed by atoms with Crippen molar-refractivity contribution in [3.63, 3.8) is 0 Å². The summed E-state index contributed by atoms with van der Waals surface area (Å²) in [6, 6.07) is -0.939. The fourth-order valence-electron chi connectivity index (χ4n) is 4.70. The minimum absolute atomic E-state index is 0.0317. The number of β-lactam (4-membered cyclic amide) rings is 1. The molecule has 0 bridgehead atoms. The number of hydrogen-bond donors (Lipinski definition) is 5. The molecule has 12 nitrogen and oxygen atoms in total. The first-order valence-corrected chi connectivity index (χ1v) is 11.4. The second kappa shape index (κ2) is 8.80. The van der Waals surface area contributed by atoms with E-state index in [1.807, 2.05) is 6.92 Å². The number of carbonyl (C=O) groups excluding carboxylic acids is 3. The third-order valence-corrected chi connectivity index (χ3v) is 7.87. The number of fused-ring (bicyclic) bond motifs is 1. The molecule has 178 valence electrons. The number of thioether (sulfide) groups is 1. The molecule has 6 atom stereocenters. The molecule has 3 amide bonds. The summed E-state index contributed by atoms with van der Waals surface area (Å²) in [7, 11) is 1.66. The van der Waals surface area contributed by atoms with Crippen LogP contribution >= 0.6 is 11.8 Å². The van der Waals surface area contributed by atoms with E-state index in [0.717, 1.165) is 0 Å². The first-order valence-electron chi connectivity index (χ1n) is 10.6. The van der Waals surface area contributed by atoms with Crippen LogP contribution in [0, 0.1) is 11.8 Å². The number of amides is 3. The van der Waals surface area contributed by atoms with Crippen molar-refractivity contribution in [2.24, 2.45) is 18.9 Å². The molecule has 1 unspecified atom stereocenters. The Morgan fingerprint density at radius 2 is 2.06 bits per heavy atom. The minimum atomic E-state index is -1.18. The second-order valence-electron chi connectivity index (χ2n) is 8.54. The van der Waals surface area contributed by atoms with Gasteiger partial charge in [0.25, 0.3) is 11.8 Å². The quantitative estimate of drug-likeness (QED) is 0.249. The zero-order valence-corrected chi connectivity index (χ0v) is 19.1. The highest BCUT2D eigenvalue weighted by Gasteiger charge is 2.60. The fraction of sp³-hybridized carbons (Fsp3) is 0.550. The summed E-state index contributed by atoms with van der Waals surface area (Å²) in [5, 5.41) is 22.7. The molecule has 0 radical (unpaired) electrons. The van der Waals surface area contributed by atoms with E-state index in [9.17, 15) is 29.4 Å². The summed E-state index contributed by atoms with van der Waals surface area (Å²) in [5.74, 6) is -3.30. The minimum Gasteiger partial charge on any atom is -0.477 e. The lowest BCUT2D eigenvalue weighted by Crippen LogP contribution is -2.63. The van der Waals surface area contributed by atoms with Gasteiger partial charge in [0.15, 0.2) is 0 Å². The molecule has 1 aromatic heterocycles. The number of nitrogens with zero attached hydrogens (tertiary/aromatic N) is 3. The van der Waals surface area contributed by atoms with Gasteiger partial charge in [-0.1, -0.05) is 6.92 Å². The highest BCUT2D eigenvalue weighted by molar-refractivity contribution is 8.03. The first-order chi connectivity index (χ1) is 15.6. The third kappa shape index (κ3) is 4.00. The number of rotatable bonds is 6. The van der Waals surface area contributed by atoms with Crippen LogP contribution in [-0.2, 0) is 21.4 Å². The third-order valence-electron chi connectivity index (χ3n) is 6.36. The standard InChI is InChI=1S/C20H26N6O6S/c1-8-14-13(9(2)27)19(30)26(14)15(20(31)32)16(8)33-10-4-11(22-5-10)17(28)23-24-18(29)12-6-21-7-25(12)3/h6-11,13-14,22,27H,4-5H2,1-3H3,(H,23,28)(H,24,29)(H,31,32)/t8-,9-,10+,11+,13-,14?/m1/s1. The number of aliphatic carboxylic acids is 1. The number of carboxylic acids is 1. The van der Waals surface area contributed by atoms with Gasteiger partial charge in [-0.25, -0.2) is 9.78 Å². The average Bonchev–Trinajstić information content (AvgIpc) is 3.44. The predicted molar refractivity (Wildman–Crippen MR) is 116 cm³/mol. The first kappa shape index (κ1) is 23.3. The molecule has 1 aromatic rings. The second-order valence-corrected chi connectivity index (χ2v) is 9.88. The number of imidazole rings is 1. The van der Waals surface area contributed by atoms with Gasteiger partial charge in [-0.05, 0) is 13.3 Å². The molecule has 2 saturated heterocycles. The number of nitrogens with one attached hydrogen (secondary N) is 3. The summed E-state index contributed by atoms with van der Waals surface area (Å²) in [4.78, 5) is 54.7. The molecule has 13 heteroatoms. The Bertz CT molecular complexity index is 1040. The van der Waals surface area contributed by atoms with Gasteiger partial charge in [0.2, 0.25) is 5.91 Å². The summed E-state index contributed by atoms with van der Waals surface area (Å²) in [6.07, 6.45) is 2.41. The van der Waals surface area contributed by atoms with Crippen LogP contribution in [0.5, 0.6) is 0 Å². The Morgan fingerprint density at radius 1 is 1.33 bits per heavy atom. The van der Waals surface area contributed by atoms with Crippen molar-refractivity contribution in [2.45, 2.75) is 43.7 Å². The normalized spacial score (nSPS) is 29.5. The molecule has 0 aromatic carbocycles. The van der Waals surface area contributed by atoms with Gasteiger partial charge >= 0.3 is 5.97 Å². The van der Waals surface area contributed by atoms with E-state index in [2.05, 4.69) is 21.2 Å². The van der Waals surface area contributed by atoms with Crippen LogP contribution < -0.4 is 16.2 Å². The Balaban J connectivity index is 1.37. The molecule has 0 saturated carbocycles. The highest BCUT2D eigenvalue weighted by atomic mass is 32.2. The molecule has 33 heavy (non-hydrogen) atoms. The van der Waals surface area contributed by atoms with E-state index in [-0.39, 0.29) is 28.8 Å². The molecule has 0 spiro atoms. The maximum atomic E-state index is 12.5. The van der Waals surface area contributed by atoms with Crippen molar-refractivity contribution < 1.29 is 29.4 Å². The molecular weight excluding hydrogens is 452 g/mol. The van der Waals surface area contributed by atoms with Crippen LogP contribution in [0.2, 0.25) is 0 Å². The zero-order valence-electron chi connectivity index (χ0n) is 18.3. The summed E-state index contributed by atoms with van der Waals surface area (Å²) in [5.41, 5.74) is 5.02. The molecule has 4 heterocycles. The SMILES string of the molecule is C[C@H]1C(S[C@@H]2CN[C@H](C(=O)NNC(=O)c3cncn3C)C2)=C(C(=O)O)N2C(=O)[C@H]([C@@H](C)O)C12. The Kier molecular flexibility index (Phi) is 6.20. The van der Waals surface area contributed by atoms with Crippen molar-refractivity contribution in [3.05, 3.63) is 28.8 Å². The number of aliphatic hydroxyl groups excluding tert-OH is 1. The van der Waals surface area contributed by atoms with Crippen LogP contribution in [0.1, 0.15) is 30.8 Å². The van der Waals surface area contributed by atoms with E-state index in [1.54, 1.807) is 7.05 Å². The Morgan fingerprint density at radius 3 is 2.67 bits per heavy atom.